The molecule has 0 saturated carbocycles. The van der Waals surface area contributed by atoms with E-state index in [1.807, 2.05) is 24.3 Å². The van der Waals surface area contributed by atoms with Crippen LogP contribution in [0.1, 0.15) is 24.3 Å². The van der Waals surface area contributed by atoms with Gasteiger partial charge in [0.25, 0.3) is 5.91 Å². The monoisotopic (exact) mass is 358 g/mol. The van der Waals surface area contributed by atoms with Crippen molar-refractivity contribution in [1.82, 2.24) is 15.4 Å². The van der Waals surface area contributed by atoms with Gasteiger partial charge in [0.1, 0.15) is 5.75 Å². The van der Waals surface area contributed by atoms with Crippen LogP contribution in [0.25, 0.3) is 11.3 Å². The predicted molar refractivity (Wildman–Crippen MR) is 94.7 cm³/mol. The molecule has 1 aromatic carbocycles. The molecule has 0 spiro atoms. The minimum atomic E-state index is -0.486. The Morgan fingerprint density at radius 2 is 2.04 bits per heavy atom. The van der Waals surface area contributed by atoms with Crippen molar-refractivity contribution in [2.24, 2.45) is 11.7 Å². The number of hydrogen-bond acceptors (Lipinski definition) is 5. The van der Waals surface area contributed by atoms with Gasteiger partial charge in [-0.05, 0) is 30.2 Å². The molecule has 8 heteroatoms. The molecular weight excluding hydrogens is 336 g/mol. The van der Waals surface area contributed by atoms with E-state index >= 15 is 0 Å². The molecule has 138 valence electrons. The van der Waals surface area contributed by atoms with Crippen molar-refractivity contribution >= 4 is 11.9 Å². The molecule has 0 unspecified atom stereocenters. The van der Waals surface area contributed by atoms with Gasteiger partial charge in [0.05, 0.1) is 12.6 Å². The average molecular weight is 358 g/mol. The van der Waals surface area contributed by atoms with Crippen LogP contribution in [0.4, 0.5) is 4.79 Å². The topological polar surface area (TPSA) is 111 Å². The maximum atomic E-state index is 12.2. The summed E-state index contributed by atoms with van der Waals surface area (Å²) in [5.74, 6) is 1.39. The maximum absolute atomic E-state index is 12.2. The summed E-state index contributed by atoms with van der Waals surface area (Å²) in [6, 6.07) is 8.40. The van der Waals surface area contributed by atoms with Gasteiger partial charge in [0, 0.05) is 24.7 Å². The molecule has 3 rings (SSSR count). The number of ether oxygens (including phenoxy) is 1. The Morgan fingerprint density at radius 1 is 1.35 bits per heavy atom. The lowest BCUT2D eigenvalue weighted by atomic mass is 10.1. The molecule has 3 N–H and O–H groups in total. The van der Waals surface area contributed by atoms with Gasteiger partial charge >= 0.3 is 6.03 Å². The van der Waals surface area contributed by atoms with Gasteiger partial charge in [-0.2, -0.15) is 0 Å². The number of urea groups is 1. The quantitative estimate of drug-likeness (QED) is 0.819. The first kappa shape index (κ1) is 17.8. The third kappa shape index (κ3) is 4.14. The second-order valence-corrected chi connectivity index (χ2v) is 6.72. The number of carbonyl (C=O) groups excluding carboxylic acids is 2. The van der Waals surface area contributed by atoms with Crippen LogP contribution in [0.15, 0.2) is 34.9 Å². The zero-order valence-electron chi connectivity index (χ0n) is 14.8. The molecule has 8 nitrogen and oxygen atoms in total. The van der Waals surface area contributed by atoms with Crippen LogP contribution >= 0.6 is 0 Å². The van der Waals surface area contributed by atoms with Crippen LogP contribution in [-0.4, -0.2) is 47.7 Å². The highest BCUT2D eigenvalue weighted by Gasteiger charge is 2.31. The van der Waals surface area contributed by atoms with Gasteiger partial charge in [-0.25, -0.2) is 4.79 Å². The lowest BCUT2D eigenvalue weighted by molar-refractivity contribution is 0.0852. The first-order chi connectivity index (χ1) is 12.4. The number of nitrogens with zero attached hydrogens (tertiary/aromatic N) is 2. The summed E-state index contributed by atoms with van der Waals surface area (Å²) in [6.07, 6.45) is 0. The second kappa shape index (κ2) is 7.47. The lowest BCUT2D eigenvalue weighted by Crippen LogP contribution is -2.62. The Kier molecular flexibility index (Phi) is 5.11. The summed E-state index contributed by atoms with van der Waals surface area (Å²) in [7, 11) is 0. The smallest absolute Gasteiger partial charge is 0.314 e. The van der Waals surface area contributed by atoms with E-state index in [4.69, 9.17) is 15.0 Å². The van der Waals surface area contributed by atoms with Crippen LogP contribution < -0.4 is 15.8 Å². The molecule has 1 aromatic heterocycles. The second-order valence-electron chi connectivity index (χ2n) is 6.72. The van der Waals surface area contributed by atoms with E-state index in [0.29, 0.717) is 31.4 Å². The molecule has 1 aliphatic heterocycles. The van der Waals surface area contributed by atoms with E-state index in [9.17, 15) is 9.59 Å². The van der Waals surface area contributed by atoms with Gasteiger partial charge in [-0.15, -0.1) is 0 Å². The number of likely N-dealkylation sites (tertiary alicyclic amines) is 1. The van der Waals surface area contributed by atoms with Crippen LogP contribution in [0.3, 0.4) is 0 Å². The largest absolute Gasteiger partial charge is 0.493 e. The Labute approximate surface area is 151 Å². The van der Waals surface area contributed by atoms with Crippen LogP contribution in [0.5, 0.6) is 5.75 Å². The molecule has 1 fully saturated rings. The molecule has 0 aliphatic carbocycles. The Bertz CT molecular complexity index is 779. The number of aromatic nitrogens is 1. The molecule has 2 aromatic rings. The third-order valence-corrected chi connectivity index (χ3v) is 3.99. The number of hydrogen-bond donors (Lipinski definition) is 2. The number of nitrogens with two attached hydrogens (primary N) is 1. The summed E-state index contributed by atoms with van der Waals surface area (Å²) in [6.45, 7) is 5.64. The summed E-state index contributed by atoms with van der Waals surface area (Å²) in [5, 5.41) is 6.60. The van der Waals surface area contributed by atoms with Gasteiger partial charge in [0.2, 0.25) is 0 Å². The van der Waals surface area contributed by atoms with Crippen LogP contribution in [0.2, 0.25) is 0 Å². The zero-order valence-corrected chi connectivity index (χ0v) is 14.8. The molecule has 0 bridgehead atoms. The summed E-state index contributed by atoms with van der Waals surface area (Å²) in [5.41, 5.74) is 6.15. The minimum absolute atomic E-state index is 0.118. The molecule has 3 amide bonds. The SMILES string of the molecule is CC(C)COc1ccc(-c2cc(C(=O)NC3CN(C(N)=O)C3)no2)cc1. The van der Waals surface area contributed by atoms with E-state index in [1.54, 1.807) is 6.07 Å². The highest BCUT2D eigenvalue weighted by Crippen LogP contribution is 2.23. The van der Waals surface area contributed by atoms with Crippen molar-refractivity contribution in [3.05, 3.63) is 36.0 Å². The maximum Gasteiger partial charge on any atom is 0.314 e. The number of nitrogens with one attached hydrogen (secondary N) is 1. The molecule has 0 radical (unpaired) electrons. The number of carbonyl (C=O) groups is 2. The van der Waals surface area contributed by atoms with E-state index < -0.39 is 6.03 Å². The molecular formula is C18H22N4O4. The minimum Gasteiger partial charge on any atom is -0.493 e. The third-order valence-electron chi connectivity index (χ3n) is 3.99. The fraction of sp³-hybridized carbons (Fsp3) is 0.389. The Balaban J connectivity index is 1.57. The van der Waals surface area contributed by atoms with Crippen molar-refractivity contribution in [1.29, 1.82) is 0 Å². The summed E-state index contributed by atoms with van der Waals surface area (Å²) in [4.78, 5) is 24.6. The first-order valence-electron chi connectivity index (χ1n) is 8.47. The van der Waals surface area contributed by atoms with E-state index in [2.05, 4.69) is 24.3 Å². The highest BCUT2D eigenvalue weighted by atomic mass is 16.5. The van der Waals surface area contributed by atoms with E-state index in [-0.39, 0.29) is 17.6 Å². The van der Waals surface area contributed by atoms with Crippen molar-refractivity contribution in [3.8, 4) is 17.1 Å². The molecule has 2 heterocycles. The van der Waals surface area contributed by atoms with Crippen molar-refractivity contribution < 1.29 is 18.8 Å². The van der Waals surface area contributed by atoms with Gasteiger partial charge in [-0.3, -0.25) is 4.79 Å². The number of rotatable bonds is 6. The zero-order chi connectivity index (χ0) is 18.7. The normalized spacial score (nSPS) is 14.2. The van der Waals surface area contributed by atoms with Crippen molar-refractivity contribution in [3.63, 3.8) is 0 Å². The van der Waals surface area contributed by atoms with Crippen LogP contribution in [-0.2, 0) is 0 Å². The highest BCUT2D eigenvalue weighted by molar-refractivity contribution is 5.93. The first-order valence-corrected chi connectivity index (χ1v) is 8.47. The number of benzene rings is 1. The Hall–Kier alpha value is -3.03. The van der Waals surface area contributed by atoms with Crippen molar-refractivity contribution in [2.45, 2.75) is 19.9 Å². The Morgan fingerprint density at radius 3 is 2.65 bits per heavy atom. The lowest BCUT2D eigenvalue weighted by Gasteiger charge is -2.37. The van der Waals surface area contributed by atoms with Crippen LogP contribution in [0, 0.1) is 5.92 Å². The molecule has 26 heavy (non-hydrogen) atoms. The van der Waals surface area contributed by atoms with Gasteiger partial charge in [-0.1, -0.05) is 19.0 Å². The predicted octanol–water partition coefficient (Wildman–Crippen LogP) is 1.87. The molecule has 1 aliphatic rings. The average Bonchev–Trinajstić information content (AvgIpc) is 3.06. The number of amides is 3. The summed E-state index contributed by atoms with van der Waals surface area (Å²) < 4.78 is 10.9. The fourth-order valence-electron chi connectivity index (χ4n) is 2.51. The van der Waals surface area contributed by atoms with Gasteiger partial charge in [0.15, 0.2) is 11.5 Å². The van der Waals surface area contributed by atoms with E-state index in [1.165, 1.54) is 4.90 Å². The number of primary amides is 1. The molecule has 0 atom stereocenters. The standard InChI is InChI=1S/C18H22N4O4/c1-11(2)10-25-14-5-3-12(4-6-14)16-7-15(21-26-16)17(23)20-13-8-22(9-13)18(19)24/h3-7,11,13H,8-10H2,1-2H3,(H2,19,24)(H,20,23). The van der Waals surface area contributed by atoms with Gasteiger partial charge < -0.3 is 25.2 Å². The van der Waals surface area contributed by atoms with Crippen molar-refractivity contribution in [2.75, 3.05) is 19.7 Å². The fourth-order valence-corrected chi connectivity index (χ4v) is 2.51. The summed E-state index contributed by atoms with van der Waals surface area (Å²) >= 11 is 0. The molecule has 1 saturated heterocycles. The van der Waals surface area contributed by atoms with E-state index in [0.717, 1.165) is 11.3 Å².